The topological polar surface area (TPSA) is 74.6 Å². The Kier molecular flexibility index (Phi) is 6.73. The maximum absolute atomic E-state index is 9.76. The monoisotopic (exact) mass is 1220 g/mol. The number of hydrogen-bond acceptors (Lipinski definition) is 7. The van der Waals surface area contributed by atoms with Gasteiger partial charge in [0.1, 0.15) is 11.2 Å². The molecular weight excluding hydrogens is 1150 g/mol. The number of rotatable bonds is 4. The lowest BCUT2D eigenvalue weighted by molar-refractivity contribution is 0.669. The molecule has 0 N–H and O–H groups in total. The van der Waals surface area contributed by atoms with Gasteiger partial charge in [-0.2, -0.15) is 0 Å². The van der Waals surface area contributed by atoms with Gasteiger partial charge in [0.15, 0.2) is 0 Å². The summed E-state index contributed by atoms with van der Waals surface area (Å²) in [5, 5.41) is 5.85. The summed E-state index contributed by atoms with van der Waals surface area (Å²) in [7, 11) is 0. The molecule has 0 bridgehead atoms. The van der Waals surface area contributed by atoms with Crippen LogP contribution in [0.3, 0.4) is 0 Å². The van der Waals surface area contributed by atoms with Crippen LogP contribution in [0.1, 0.15) is 35.6 Å². The predicted octanol–water partition coefficient (Wildman–Crippen LogP) is 22.9. The van der Waals surface area contributed by atoms with Gasteiger partial charge >= 0.3 is 0 Å². The van der Waals surface area contributed by atoms with Crippen LogP contribution in [0.5, 0.6) is 0 Å². The maximum Gasteiger partial charge on any atom is 0.235 e. The van der Waals surface area contributed by atoms with Gasteiger partial charge < -0.3 is 4.42 Å². The highest BCUT2D eigenvalue weighted by Gasteiger charge is 2.23. The van der Waals surface area contributed by atoms with Gasteiger partial charge in [-0.3, -0.25) is 9.13 Å². The molecule has 0 unspecified atom stereocenters. The second-order valence-corrected chi connectivity index (χ2v) is 23.6. The molecule has 0 atom stereocenters. The third-order valence-electron chi connectivity index (χ3n) is 16.5. The number of fused-ring (bicyclic) bond motifs is 21. The fraction of sp³-hybridized carbons (Fsp3) is 0. The van der Waals surface area contributed by atoms with E-state index in [0.29, 0.717) is 22.1 Å². The number of aromatic nitrogens is 6. The van der Waals surface area contributed by atoms with E-state index in [0.717, 1.165) is 63.8 Å². The SMILES string of the molecule is [2H]c1c([2H])c([2H])c2c(-c3c([2H])c([2H])c4c(oc5c([2H])c6c([2H])c([2H])c([2H])c([2H])c6c([2H])c54)c3[2H])nc(-n3c4ccccc4c4cc5ccccc5cc43)nc2c1[2H].[2H]c1c([2H])c([2H])c2c(-c3c([2H])c([2H])c4sc5c([2H])c6c([2H])c([2H])c([2H])c([2H])c6c([2H])c5c4c3[2H])nc(-n3c4ccccc4c4c5sc6ccccc6c5ccc43)nc2c1[2H]. The Morgan fingerprint density at radius 3 is 1.63 bits per heavy atom. The summed E-state index contributed by atoms with van der Waals surface area (Å²) < 4.78 is 242. The molecule has 7 heterocycles. The van der Waals surface area contributed by atoms with Gasteiger partial charge in [0, 0.05) is 94.6 Å². The van der Waals surface area contributed by atoms with Crippen molar-refractivity contribution in [3.8, 4) is 34.4 Å². The van der Waals surface area contributed by atoms with E-state index in [-0.39, 0.29) is 132 Å². The molecule has 7 nitrogen and oxygen atoms in total. The van der Waals surface area contributed by atoms with Gasteiger partial charge in [-0.25, -0.2) is 19.9 Å². The highest BCUT2D eigenvalue weighted by molar-refractivity contribution is 7.27. The first kappa shape index (κ1) is 31.5. The predicted molar refractivity (Wildman–Crippen MR) is 384 cm³/mol. The zero-order chi connectivity index (χ0) is 82.0. The molecule has 0 amide bonds. The van der Waals surface area contributed by atoms with Gasteiger partial charge in [-0.15, -0.1) is 22.7 Å². The van der Waals surface area contributed by atoms with Gasteiger partial charge in [-0.1, -0.05) is 182 Å². The molecule has 0 aliphatic heterocycles. The van der Waals surface area contributed by atoms with E-state index < -0.39 is 145 Å². The van der Waals surface area contributed by atoms with Crippen LogP contribution in [0, 0.1) is 0 Å². The Morgan fingerprint density at radius 2 is 0.879 bits per heavy atom. The van der Waals surface area contributed by atoms with Crippen LogP contribution in [0.25, 0.3) is 194 Å². The molecule has 14 aromatic carbocycles. The van der Waals surface area contributed by atoms with Gasteiger partial charge in [0.05, 0.1) is 80.1 Å². The maximum atomic E-state index is 9.76. The Balaban J connectivity index is 0.000000151. The normalized spacial score (nSPS) is 16.2. The van der Waals surface area contributed by atoms with Crippen molar-refractivity contribution < 1.29 is 40.1 Å². The number of para-hydroxylation sites is 4. The smallest absolute Gasteiger partial charge is 0.235 e. The van der Waals surface area contributed by atoms with E-state index in [1.807, 2.05) is 109 Å². The lowest BCUT2D eigenvalue weighted by Crippen LogP contribution is -2.03. The molecule has 7 aromatic heterocycles. The standard InChI is InChI=1S/C42H23N3S2.C40H23N3O/c1-2-10-25-23-38-32(21-24(25)9-1)31-22-26(17-20-37(31)46-38)40-29-12-3-6-14-33(29)43-42(44-40)45-34-15-7-4-13-30(34)39-35(45)19-18-28-27-11-5-8-16-36(27)47-41(28)39;1-3-11-26-21-36-32(19-24(26)9-1)29-13-6-8-16-35(29)43(36)40-41-34-15-7-5-14-31(34)39(42-40)28-17-18-30-33-20-25-10-2-4-12-27(25)22-38(33)44-37(30)23-28/h1-23H;1-23H/i1D,2D,3D,6D,9D,10D,12D,14D,17D,20D,21D,22D,23D;2D,4D,5D,7D,10D,12D,14D,15D,17D,18D,20D,22D,23D. The molecule has 0 aliphatic rings. The molecule has 0 saturated carbocycles. The fourth-order valence-electron chi connectivity index (χ4n) is 12.5. The van der Waals surface area contributed by atoms with Crippen molar-refractivity contribution in [2.45, 2.75) is 0 Å². The lowest BCUT2D eigenvalue weighted by atomic mass is 10.0. The van der Waals surface area contributed by atoms with E-state index in [4.69, 9.17) is 50.4 Å². The lowest BCUT2D eigenvalue weighted by Gasteiger charge is -2.12. The van der Waals surface area contributed by atoms with Crippen LogP contribution in [-0.2, 0) is 0 Å². The van der Waals surface area contributed by atoms with E-state index >= 15 is 0 Å². The number of furan rings is 1. The van der Waals surface area contributed by atoms with Crippen molar-refractivity contribution in [1.82, 2.24) is 29.1 Å². The van der Waals surface area contributed by atoms with E-state index in [1.165, 1.54) is 0 Å². The number of benzene rings is 14. The minimum absolute atomic E-state index is 0.00693. The van der Waals surface area contributed by atoms with Crippen molar-refractivity contribution in [1.29, 1.82) is 0 Å². The van der Waals surface area contributed by atoms with Crippen molar-refractivity contribution in [2.24, 2.45) is 0 Å². The summed E-state index contributed by atoms with van der Waals surface area (Å²) in [5.74, 6) is -0.0399. The molecule has 0 spiro atoms. The summed E-state index contributed by atoms with van der Waals surface area (Å²) in [6.07, 6.45) is 0. The molecule has 21 aromatic rings. The number of hydrogen-bond donors (Lipinski definition) is 0. The van der Waals surface area contributed by atoms with Gasteiger partial charge in [0.25, 0.3) is 0 Å². The molecule has 91 heavy (non-hydrogen) atoms. The summed E-state index contributed by atoms with van der Waals surface area (Å²) in [6, 6.07) is 25.7. The van der Waals surface area contributed by atoms with Crippen LogP contribution < -0.4 is 0 Å². The van der Waals surface area contributed by atoms with Crippen LogP contribution in [0.15, 0.2) is 283 Å². The van der Waals surface area contributed by atoms with E-state index in [1.54, 1.807) is 20.5 Å². The molecule has 0 radical (unpaired) electrons. The van der Waals surface area contributed by atoms with Crippen LogP contribution in [-0.4, -0.2) is 29.1 Å². The molecule has 21 rings (SSSR count). The Hall–Kier alpha value is -11.6. The zero-order valence-electron chi connectivity index (χ0n) is 72.5. The van der Waals surface area contributed by atoms with Crippen molar-refractivity contribution >= 4 is 183 Å². The van der Waals surface area contributed by atoms with Crippen molar-refractivity contribution in [3.05, 3.63) is 278 Å². The van der Waals surface area contributed by atoms with Crippen molar-refractivity contribution in [2.75, 3.05) is 0 Å². The fourth-order valence-corrected chi connectivity index (χ4v) is 14.7. The third-order valence-corrected chi connectivity index (χ3v) is 18.7. The molecule has 422 valence electrons. The van der Waals surface area contributed by atoms with Crippen molar-refractivity contribution in [3.63, 3.8) is 0 Å². The summed E-state index contributed by atoms with van der Waals surface area (Å²) in [4.78, 5) is 19.4. The highest BCUT2D eigenvalue weighted by atomic mass is 32.1. The third kappa shape index (κ3) is 7.72. The molecule has 0 aliphatic carbocycles. The second-order valence-electron chi connectivity index (χ2n) is 21.6. The molecule has 0 fully saturated rings. The first-order valence-electron chi connectivity index (χ1n) is 41.5. The minimum Gasteiger partial charge on any atom is -0.456 e. The van der Waals surface area contributed by atoms with Gasteiger partial charge in [0.2, 0.25) is 11.9 Å². The molecule has 0 saturated heterocycles. The first-order valence-corrected chi connectivity index (χ1v) is 30.1. The van der Waals surface area contributed by atoms with Gasteiger partial charge in [-0.05, 0) is 129 Å². The van der Waals surface area contributed by atoms with E-state index in [2.05, 4.69) is 12.1 Å². The Labute approximate surface area is 562 Å². The highest BCUT2D eigenvalue weighted by Crippen LogP contribution is 2.45. The van der Waals surface area contributed by atoms with Crippen LogP contribution in [0.2, 0.25) is 0 Å². The Morgan fingerprint density at radius 1 is 0.319 bits per heavy atom. The number of nitrogens with zero attached hydrogens (tertiary/aromatic N) is 6. The minimum atomic E-state index is -0.615. The zero-order valence-corrected chi connectivity index (χ0v) is 48.1. The summed E-state index contributed by atoms with van der Waals surface area (Å²) in [5.41, 5.74) is 0.671. The average Bonchev–Trinajstić information content (AvgIpc) is 1.59. The summed E-state index contributed by atoms with van der Waals surface area (Å²) in [6.45, 7) is 0. The second kappa shape index (κ2) is 19.4. The largest absolute Gasteiger partial charge is 0.456 e. The van der Waals surface area contributed by atoms with Crippen LogP contribution >= 0.6 is 22.7 Å². The quantitative estimate of drug-likeness (QED) is 0.176. The van der Waals surface area contributed by atoms with Crippen LogP contribution in [0.4, 0.5) is 0 Å². The molecular formula is C82H46N6OS2. The number of thiophene rings is 2. The van der Waals surface area contributed by atoms with E-state index in [9.17, 15) is 9.60 Å². The summed E-state index contributed by atoms with van der Waals surface area (Å²) >= 11 is 2.52. The first-order chi connectivity index (χ1) is 55.9. The Bertz CT molecular complexity index is 8320. The average molecular weight is 1220 g/mol. The molecule has 9 heteroatoms.